The van der Waals surface area contributed by atoms with E-state index >= 15 is 0 Å². The van der Waals surface area contributed by atoms with Gasteiger partial charge in [0.05, 0.1) is 6.26 Å². The van der Waals surface area contributed by atoms with Crippen LogP contribution in [0.25, 0.3) is 11.3 Å². The van der Waals surface area contributed by atoms with E-state index in [-0.39, 0.29) is 1.43 Å². The Morgan fingerprint density at radius 3 is 2.20 bits per heavy atom. The molecule has 0 aliphatic heterocycles. The molecule has 1 heterocycles. The highest BCUT2D eigenvalue weighted by Crippen LogP contribution is 2.20. The van der Waals surface area contributed by atoms with Crippen LogP contribution >= 0.6 is 0 Å². The van der Waals surface area contributed by atoms with Crippen LogP contribution in [-0.2, 0) is 0 Å². The van der Waals surface area contributed by atoms with Crippen molar-refractivity contribution in [3.8, 4) is 11.3 Å². The number of nitrogen functional groups attached to an aromatic ring is 1. The molecule has 2 aromatic rings. The Kier molecular flexibility index (Phi) is 4.48. The van der Waals surface area contributed by atoms with E-state index in [1.54, 1.807) is 6.26 Å². The van der Waals surface area contributed by atoms with Crippen LogP contribution in [0.15, 0.2) is 47.1 Å². The summed E-state index contributed by atoms with van der Waals surface area (Å²) in [6.07, 6.45) is 2.91. The topological polar surface area (TPSA) is 39.2 Å². The van der Waals surface area contributed by atoms with Gasteiger partial charge in [0, 0.05) is 12.7 Å². The van der Waals surface area contributed by atoms with Crippen LogP contribution in [0.2, 0.25) is 0 Å². The second-order valence-corrected chi connectivity index (χ2v) is 3.31. The largest absolute Gasteiger partial charge is 0.464 e. The Morgan fingerprint density at radius 1 is 1.13 bits per heavy atom. The maximum atomic E-state index is 5.55. The summed E-state index contributed by atoms with van der Waals surface area (Å²) in [4.78, 5) is 0. The SMILES string of the molecule is CCC.Nc1ccc(-c2ccco2)cc1.[HH]. The third-order valence-electron chi connectivity index (χ3n) is 1.72. The monoisotopic (exact) mass is 205 g/mol. The van der Waals surface area contributed by atoms with E-state index in [1.807, 2.05) is 36.4 Å². The molecule has 0 amide bonds. The van der Waals surface area contributed by atoms with Crippen molar-refractivity contribution >= 4 is 5.69 Å². The first-order valence-electron chi connectivity index (χ1n) is 5.17. The molecule has 0 aliphatic rings. The van der Waals surface area contributed by atoms with Crippen molar-refractivity contribution in [3.63, 3.8) is 0 Å². The molecule has 0 atom stereocenters. The van der Waals surface area contributed by atoms with E-state index in [4.69, 9.17) is 10.2 Å². The molecule has 82 valence electrons. The lowest BCUT2D eigenvalue weighted by molar-refractivity contribution is 0.582. The first kappa shape index (κ1) is 11.4. The highest BCUT2D eigenvalue weighted by molar-refractivity contribution is 5.60. The summed E-state index contributed by atoms with van der Waals surface area (Å²) in [7, 11) is 0. The zero-order valence-corrected chi connectivity index (χ0v) is 9.23. The van der Waals surface area contributed by atoms with Gasteiger partial charge in [0.15, 0.2) is 0 Å². The quantitative estimate of drug-likeness (QED) is 0.709. The average molecular weight is 205 g/mol. The van der Waals surface area contributed by atoms with Gasteiger partial charge in [-0.25, -0.2) is 0 Å². The fourth-order valence-electron chi connectivity index (χ4n) is 1.09. The lowest BCUT2D eigenvalue weighted by Gasteiger charge is -1.96. The highest BCUT2D eigenvalue weighted by Gasteiger charge is 1.97. The molecule has 2 heteroatoms. The van der Waals surface area contributed by atoms with E-state index in [0.29, 0.717) is 0 Å². The fraction of sp³-hybridized carbons (Fsp3) is 0.231. The van der Waals surface area contributed by atoms with Crippen molar-refractivity contribution in [3.05, 3.63) is 42.7 Å². The highest BCUT2D eigenvalue weighted by atomic mass is 16.3. The number of rotatable bonds is 1. The van der Waals surface area contributed by atoms with E-state index < -0.39 is 0 Å². The Balaban J connectivity index is 0.000000511. The van der Waals surface area contributed by atoms with Gasteiger partial charge in [0.25, 0.3) is 0 Å². The summed E-state index contributed by atoms with van der Waals surface area (Å²) in [5, 5.41) is 0. The van der Waals surface area contributed by atoms with Crippen molar-refractivity contribution in [2.45, 2.75) is 20.3 Å². The summed E-state index contributed by atoms with van der Waals surface area (Å²) in [6, 6.07) is 11.4. The lowest BCUT2D eigenvalue weighted by atomic mass is 10.1. The summed E-state index contributed by atoms with van der Waals surface area (Å²) in [5.74, 6) is 0.870. The van der Waals surface area contributed by atoms with Crippen LogP contribution in [0.1, 0.15) is 21.7 Å². The molecule has 0 fully saturated rings. The molecule has 15 heavy (non-hydrogen) atoms. The van der Waals surface area contributed by atoms with Crippen molar-refractivity contribution in [1.82, 2.24) is 0 Å². The second kappa shape index (κ2) is 5.91. The van der Waals surface area contributed by atoms with E-state index in [2.05, 4.69) is 13.8 Å². The Labute approximate surface area is 92.2 Å². The molecule has 2 N–H and O–H groups in total. The molecule has 2 rings (SSSR count). The predicted octanol–water partition coefficient (Wildman–Crippen LogP) is 4.19. The Bertz CT molecular complexity index is 367. The number of hydrogen-bond donors (Lipinski definition) is 1. The number of nitrogens with two attached hydrogens (primary N) is 1. The molecule has 0 saturated carbocycles. The van der Waals surface area contributed by atoms with Crippen LogP contribution < -0.4 is 5.73 Å². The standard InChI is InChI=1S/C10H9NO.C3H8.H2/c11-9-5-3-8(4-6-9)10-2-1-7-12-10;1-3-2;/h1-7H,11H2;3H2,1-2H3;1H. The first-order chi connectivity index (χ1) is 7.27. The van der Waals surface area contributed by atoms with Crippen LogP contribution in [-0.4, -0.2) is 0 Å². The average Bonchev–Trinajstić information content (AvgIpc) is 2.73. The van der Waals surface area contributed by atoms with Crippen molar-refractivity contribution in [2.24, 2.45) is 0 Å². The summed E-state index contributed by atoms with van der Waals surface area (Å²) < 4.78 is 5.22. The van der Waals surface area contributed by atoms with Crippen LogP contribution in [0.3, 0.4) is 0 Å². The van der Waals surface area contributed by atoms with Gasteiger partial charge in [0.1, 0.15) is 5.76 Å². The molecular weight excluding hydrogens is 186 g/mol. The Hall–Kier alpha value is -1.70. The van der Waals surface area contributed by atoms with Crippen LogP contribution in [0, 0.1) is 0 Å². The van der Waals surface area contributed by atoms with Gasteiger partial charge in [-0.3, -0.25) is 0 Å². The number of benzene rings is 1. The van der Waals surface area contributed by atoms with Gasteiger partial charge in [-0.1, -0.05) is 20.3 Å². The molecule has 1 aromatic carbocycles. The van der Waals surface area contributed by atoms with Crippen LogP contribution in [0.5, 0.6) is 0 Å². The van der Waals surface area contributed by atoms with Crippen molar-refractivity contribution in [1.29, 1.82) is 0 Å². The first-order valence-corrected chi connectivity index (χ1v) is 5.17. The maximum absolute atomic E-state index is 5.55. The smallest absolute Gasteiger partial charge is 0.133 e. The summed E-state index contributed by atoms with van der Waals surface area (Å²) in [5.41, 5.74) is 7.37. The van der Waals surface area contributed by atoms with Gasteiger partial charge in [0.2, 0.25) is 0 Å². The van der Waals surface area contributed by atoms with Gasteiger partial charge in [-0.15, -0.1) is 0 Å². The zero-order valence-electron chi connectivity index (χ0n) is 9.23. The minimum Gasteiger partial charge on any atom is -0.464 e. The van der Waals surface area contributed by atoms with Crippen LogP contribution in [0.4, 0.5) is 5.69 Å². The normalized spacial score (nSPS) is 9.20. The third kappa shape index (κ3) is 3.50. The van der Waals surface area contributed by atoms with Crippen molar-refractivity contribution in [2.75, 3.05) is 5.73 Å². The van der Waals surface area contributed by atoms with Gasteiger partial charge in [-0.05, 0) is 36.4 Å². The predicted molar refractivity (Wildman–Crippen MR) is 66.6 cm³/mol. The lowest BCUT2D eigenvalue weighted by Crippen LogP contribution is -1.82. The minimum absolute atomic E-state index is 0. The molecular formula is C13H19NO. The van der Waals surface area contributed by atoms with Gasteiger partial charge >= 0.3 is 0 Å². The van der Waals surface area contributed by atoms with Gasteiger partial charge < -0.3 is 10.2 Å². The van der Waals surface area contributed by atoms with E-state index in [1.165, 1.54) is 6.42 Å². The number of furan rings is 1. The molecule has 0 aliphatic carbocycles. The zero-order chi connectivity index (χ0) is 11.1. The molecule has 0 bridgehead atoms. The van der Waals surface area contributed by atoms with Crippen molar-refractivity contribution < 1.29 is 5.84 Å². The number of anilines is 1. The van der Waals surface area contributed by atoms with Gasteiger partial charge in [-0.2, -0.15) is 0 Å². The summed E-state index contributed by atoms with van der Waals surface area (Å²) in [6.45, 7) is 4.25. The van der Waals surface area contributed by atoms with E-state index in [9.17, 15) is 0 Å². The minimum atomic E-state index is 0. The van der Waals surface area contributed by atoms with E-state index in [0.717, 1.165) is 17.0 Å². The second-order valence-electron chi connectivity index (χ2n) is 3.31. The maximum Gasteiger partial charge on any atom is 0.133 e. The number of hydrogen-bond acceptors (Lipinski definition) is 2. The fourth-order valence-corrected chi connectivity index (χ4v) is 1.09. The molecule has 0 unspecified atom stereocenters. The third-order valence-corrected chi connectivity index (χ3v) is 1.72. The molecule has 0 radical (unpaired) electrons. The molecule has 0 spiro atoms. The molecule has 1 aromatic heterocycles. The molecule has 0 saturated heterocycles. The Morgan fingerprint density at radius 2 is 1.73 bits per heavy atom. The summed E-state index contributed by atoms with van der Waals surface area (Å²) >= 11 is 0. The molecule has 2 nitrogen and oxygen atoms in total.